The average molecular weight is 593 g/mol. The normalized spacial score (nSPS) is 12.5. The molecular weight excluding hydrogens is 556 g/mol. The number of carbonyl (C=O) groups excluding carboxylic acids is 2. The first-order valence-corrected chi connectivity index (χ1v) is 14.8. The van der Waals surface area contributed by atoms with Crippen LogP contribution in [0.5, 0.6) is 11.5 Å². The summed E-state index contributed by atoms with van der Waals surface area (Å²) in [6.45, 7) is 7.36. The summed E-state index contributed by atoms with van der Waals surface area (Å²) in [6, 6.07) is 9.33. The molecule has 3 N–H and O–H groups in total. The number of hydrogen-bond donors (Lipinski definition) is 3. The molecule has 0 aliphatic rings. The van der Waals surface area contributed by atoms with Gasteiger partial charge in [0.2, 0.25) is 0 Å². The van der Waals surface area contributed by atoms with Crippen molar-refractivity contribution in [2.45, 2.75) is 57.5 Å². The number of methoxy groups -OCH3 is 2. The summed E-state index contributed by atoms with van der Waals surface area (Å²) in [6.07, 6.45) is 0.330. The molecule has 2 aromatic rings. The van der Waals surface area contributed by atoms with E-state index in [9.17, 15) is 29.4 Å². The van der Waals surface area contributed by atoms with Gasteiger partial charge in [-0.1, -0.05) is 45.9 Å². The fourth-order valence-electron chi connectivity index (χ4n) is 3.82. The maximum absolute atomic E-state index is 14.1. The fourth-order valence-corrected chi connectivity index (χ4v) is 6.05. The lowest BCUT2D eigenvalue weighted by atomic mass is 10.00. The maximum Gasteiger partial charge on any atom is 0.327 e. The van der Waals surface area contributed by atoms with Crippen LogP contribution in [0.15, 0.2) is 47.4 Å². The van der Waals surface area contributed by atoms with Gasteiger partial charge in [0.25, 0.3) is 11.8 Å². The van der Waals surface area contributed by atoms with Crippen molar-refractivity contribution in [1.29, 1.82) is 0 Å². The monoisotopic (exact) mass is 592 g/mol. The number of rotatable bonds is 15. The SMILES string of the molecule is COc1cc(C(=O)NC(CC(C)C)C(=O)O)c(C(=O)N(SSc2ccccc2)C(CC(C)C)C(=O)O)cc1OC. The summed E-state index contributed by atoms with van der Waals surface area (Å²) in [5, 5.41) is 22.3. The van der Waals surface area contributed by atoms with Gasteiger partial charge in [-0.2, -0.15) is 0 Å². The molecule has 0 aliphatic carbocycles. The molecule has 40 heavy (non-hydrogen) atoms. The largest absolute Gasteiger partial charge is 0.493 e. The van der Waals surface area contributed by atoms with Crippen LogP contribution in [-0.4, -0.2) is 64.6 Å². The van der Waals surface area contributed by atoms with Crippen LogP contribution in [0.4, 0.5) is 0 Å². The molecule has 0 saturated carbocycles. The van der Waals surface area contributed by atoms with Crippen LogP contribution in [-0.2, 0) is 9.59 Å². The molecule has 0 heterocycles. The molecule has 10 nitrogen and oxygen atoms in total. The number of amides is 2. The average Bonchev–Trinajstić information content (AvgIpc) is 2.91. The van der Waals surface area contributed by atoms with Crippen LogP contribution in [0.2, 0.25) is 0 Å². The number of carboxylic acids is 2. The molecule has 218 valence electrons. The second-order valence-electron chi connectivity index (χ2n) is 9.83. The molecule has 0 radical (unpaired) electrons. The lowest BCUT2D eigenvalue weighted by molar-refractivity contribution is -0.141. The number of hydrogen-bond acceptors (Lipinski definition) is 8. The van der Waals surface area contributed by atoms with Gasteiger partial charge in [0, 0.05) is 15.9 Å². The Morgan fingerprint density at radius 3 is 1.88 bits per heavy atom. The molecule has 2 atom stereocenters. The van der Waals surface area contributed by atoms with E-state index in [-0.39, 0.29) is 47.3 Å². The van der Waals surface area contributed by atoms with Crippen LogP contribution in [0.1, 0.15) is 61.3 Å². The summed E-state index contributed by atoms with van der Waals surface area (Å²) in [4.78, 5) is 52.6. The molecule has 0 aromatic heterocycles. The number of nitrogens with zero attached hydrogens (tertiary/aromatic N) is 1. The van der Waals surface area contributed by atoms with Gasteiger partial charge >= 0.3 is 11.9 Å². The number of carboxylic acid groups (broad SMARTS) is 2. The minimum atomic E-state index is -1.22. The topological polar surface area (TPSA) is 142 Å². The zero-order valence-electron chi connectivity index (χ0n) is 23.4. The van der Waals surface area contributed by atoms with Crippen molar-refractivity contribution in [2.75, 3.05) is 14.2 Å². The third-order valence-electron chi connectivity index (χ3n) is 5.73. The zero-order chi connectivity index (χ0) is 30.0. The third-order valence-corrected chi connectivity index (χ3v) is 8.13. The molecule has 2 amide bonds. The van der Waals surface area contributed by atoms with Crippen molar-refractivity contribution < 1.29 is 38.9 Å². The smallest absolute Gasteiger partial charge is 0.327 e. The first kappa shape index (κ1) is 32.8. The third kappa shape index (κ3) is 9.09. The Kier molecular flexibility index (Phi) is 12.7. The van der Waals surface area contributed by atoms with Crippen LogP contribution in [0, 0.1) is 11.8 Å². The predicted molar refractivity (Wildman–Crippen MR) is 155 cm³/mol. The van der Waals surface area contributed by atoms with Gasteiger partial charge in [-0.15, -0.1) is 0 Å². The van der Waals surface area contributed by atoms with Gasteiger partial charge in [-0.25, -0.2) is 9.59 Å². The molecule has 12 heteroatoms. The molecule has 0 spiro atoms. The van der Waals surface area contributed by atoms with Gasteiger partial charge < -0.3 is 25.0 Å². The number of ether oxygens (including phenoxy) is 2. The Labute approximate surface area is 242 Å². The molecular formula is C28H36N2O8S2. The van der Waals surface area contributed by atoms with Gasteiger partial charge in [-0.05, 0) is 59.7 Å². The molecule has 0 aliphatic heterocycles. The first-order valence-electron chi connectivity index (χ1n) is 12.6. The van der Waals surface area contributed by atoms with E-state index in [1.807, 2.05) is 58.0 Å². The Morgan fingerprint density at radius 1 is 0.850 bits per heavy atom. The van der Waals surface area contributed by atoms with E-state index in [0.717, 1.165) is 20.2 Å². The van der Waals surface area contributed by atoms with Crippen molar-refractivity contribution in [3.63, 3.8) is 0 Å². The van der Waals surface area contributed by atoms with E-state index < -0.39 is 35.8 Å². The Bertz CT molecular complexity index is 1190. The Hall–Kier alpha value is -3.38. The van der Waals surface area contributed by atoms with Crippen molar-refractivity contribution in [2.24, 2.45) is 11.8 Å². The van der Waals surface area contributed by atoms with E-state index in [1.165, 1.54) is 37.1 Å². The van der Waals surface area contributed by atoms with E-state index in [0.29, 0.717) is 0 Å². The quantitative estimate of drug-likeness (QED) is 0.186. The minimum Gasteiger partial charge on any atom is -0.493 e. The van der Waals surface area contributed by atoms with Crippen LogP contribution >= 0.6 is 21.8 Å². The zero-order valence-corrected chi connectivity index (χ0v) is 25.0. The summed E-state index contributed by atoms with van der Waals surface area (Å²) in [7, 11) is 4.88. The molecule has 2 unspecified atom stereocenters. The number of aliphatic carboxylic acids is 2. The van der Waals surface area contributed by atoms with Crippen molar-refractivity contribution in [1.82, 2.24) is 9.62 Å². The molecule has 2 rings (SSSR count). The fraction of sp³-hybridized carbons (Fsp3) is 0.429. The lowest BCUT2D eigenvalue weighted by Gasteiger charge is -2.29. The molecule has 0 saturated heterocycles. The summed E-state index contributed by atoms with van der Waals surface area (Å²) in [5.41, 5.74) is -0.318. The van der Waals surface area contributed by atoms with E-state index in [2.05, 4.69) is 5.32 Å². The Morgan fingerprint density at radius 2 is 1.40 bits per heavy atom. The van der Waals surface area contributed by atoms with Crippen LogP contribution in [0.3, 0.4) is 0 Å². The highest BCUT2D eigenvalue weighted by Crippen LogP contribution is 2.39. The van der Waals surface area contributed by atoms with E-state index >= 15 is 0 Å². The number of benzene rings is 2. The van der Waals surface area contributed by atoms with Gasteiger partial charge in [0.1, 0.15) is 12.1 Å². The van der Waals surface area contributed by atoms with Gasteiger partial charge in [0.05, 0.1) is 25.3 Å². The maximum atomic E-state index is 14.1. The van der Waals surface area contributed by atoms with Gasteiger partial charge in [0.15, 0.2) is 11.5 Å². The lowest BCUT2D eigenvalue weighted by Crippen LogP contribution is -2.44. The predicted octanol–water partition coefficient (Wildman–Crippen LogP) is 5.23. The Balaban J connectivity index is 2.63. The highest BCUT2D eigenvalue weighted by Gasteiger charge is 2.35. The number of nitrogens with one attached hydrogen (secondary N) is 1. The van der Waals surface area contributed by atoms with E-state index in [4.69, 9.17) is 9.47 Å². The molecule has 0 fully saturated rings. The molecule has 0 bridgehead atoms. The van der Waals surface area contributed by atoms with Crippen LogP contribution in [0.25, 0.3) is 0 Å². The standard InChI is InChI=1S/C28H36N2O8S2/c1-16(2)12-21(27(33)34)29-25(31)19-14-23(37-5)24(38-6)15-20(19)26(32)30(22(28(35)36)13-17(3)4)40-39-18-10-8-7-9-11-18/h7-11,14-17,21-22H,12-13H2,1-6H3,(H,29,31)(H,33,34)(H,35,36). The van der Waals surface area contributed by atoms with Gasteiger partial charge in [-0.3, -0.25) is 13.9 Å². The van der Waals surface area contributed by atoms with Crippen molar-refractivity contribution in [3.05, 3.63) is 53.6 Å². The first-order chi connectivity index (χ1) is 18.9. The van der Waals surface area contributed by atoms with Crippen molar-refractivity contribution >= 4 is 45.5 Å². The second kappa shape index (κ2) is 15.4. The summed E-state index contributed by atoms with van der Waals surface area (Å²) < 4.78 is 11.8. The highest BCUT2D eigenvalue weighted by atomic mass is 33.1. The van der Waals surface area contributed by atoms with E-state index in [1.54, 1.807) is 0 Å². The number of carbonyl (C=O) groups is 4. The summed E-state index contributed by atoms with van der Waals surface area (Å²) >= 11 is 0. The van der Waals surface area contributed by atoms with Crippen molar-refractivity contribution in [3.8, 4) is 11.5 Å². The highest BCUT2D eigenvalue weighted by molar-refractivity contribution is 8.76. The second-order valence-corrected chi connectivity index (χ2v) is 12.0. The molecule has 2 aromatic carbocycles. The van der Waals surface area contributed by atoms with Crippen LogP contribution < -0.4 is 14.8 Å². The summed E-state index contributed by atoms with van der Waals surface area (Å²) in [5.74, 6) is -3.75. The minimum absolute atomic E-state index is 0.0258.